The predicted molar refractivity (Wildman–Crippen MR) is 74.4 cm³/mol. The third kappa shape index (κ3) is 4.49. The van der Waals surface area contributed by atoms with Crippen LogP contribution in [-0.4, -0.2) is 54.0 Å². The summed E-state index contributed by atoms with van der Waals surface area (Å²) in [6.07, 6.45) is 1.36. The minimum absolute atomic E-state index is 0.0256. The predicted octanol–water partition coefficient (Wildman–Crippen LogP) is 0.414. The topological polar surface area (TPSA) is 61.4 Å². The lowest BCUT2D eigenvalue weighted by Crippen LogP contribution is -2.48. The molecular formula is C12H23N3O2S. The maximum absolute atomic E-state index is 12.0. The Bertz CT molecular complexity index is 286. The van der Waals surface area contributed by atoms with Gasteiger partial charge < -0.3 is 15.5 Å². The van der Waals surface area contributed by atoms with Gasteiger partial charge in [0.1, 0.15) is 6.04 Å². The standard InChI is InChI=1S/C12H23N3O2S/c1-3-5-11(16)15-9-18-8-10(15)12(17)14-7-6-13-4-2/h10,13H,3-9H2,1-2H3,(H,14,17). The third-order valence-corrected chi connectivity index (χ3v) is 3.83. The van der Waals surface area contributed by atoms with Crippen molar-refractivity contribution in [1.29, 1.82) is 0 Å². The minimum atomic E-state index is -0.282. The molecule has 0 saturated carbocycles. The van der Waals surface area contributed by atoms with Gasteiger partial charge in [-0.25, -0.2) is 0 Å². The number of likely N-dealkylation sites (N-methyl/N-ethyl adjacent to an activating group) is 1. The molecule has 18 heavy (non-hydrogen) atoms. The van der Waals surface area contributed by atoms with Crippen LogP contribution in [0.25, 0.3) is 0 Å². The molecule has 1 aliphatic rings. The Morgan fingerprint density at radius 2 is 2.11 bits per heavy atom. The lowest BCUT2D eigenvalue weighted by atomic mass is 10.2. The average Bonchev–Trinajstić information content (AvgIpc) is 2.84. The van der Waals surface area contributed by atoms with Crippen LogP contribution >= 0.6 is 11.8 Å². The highest BCUT2D eigenvalue weighted by Gasteiger charge is 2.33. The Morgan fingerprint density at radius 3 is 2.78 bits per heavy atom. The highest BCUT2D eigenvalue weighted by Crippen LogP contribution is 2.22. The zero-order valence-electron chi connectivity index (χ0n) is 11.2. The Kier molecular flexibility index (Phi) is 7.12. The number of thioether (sulfide) groups is 1. The van der Waals surface area contributed by atoms with Crippen molar-refractivity contribution in [2.45, 2.75) is 32.7 Å². The fourth-order valence-electron chi connectivity index (χ4n) is 1.83. The molecule has 1 unspecified atom stereocenters. The second-order valence-electron chi connectivity index (χ2n) is 4.27. The van der Waals surface area contributed by atoms with Crippen molar-refractivity contribution < 1.29 is 9.59 Å². The molecule has 1 aliphatic heterocycles. The normalized spacial score (nSPS) is 19.0. The summed E-state index contributed by atoms with van der Waals surface area (Å²) < 4.78 is 0. The number of nitrogens with zero attached hydrogens (tertiary/aromatic N) is 1. The second kappa shape index (κ2) is 8.37. The van der Waals surface area contributed by atoms with Crippen molar-refractivity contribution in [2.75, 3.05) is 31.3 Å². The van der Waals surface area contributed by atoms with Crippen LogP contribution in [0.15, 0.2) is 0 Å². The van der Waals surface area contributed by atoms with E-state index < -0.39 is 0 Å². The van der Waals surface area contributed by atoms with E-state index in [0.29, 0.717) is 24.6 Å². The van der Waals surface area contributed by atoms with E-state index in [4.69, 9.17) is 0 Å². The molecule has 1 atom stereocenters. The van der Waals surface area contributed by atoms with E-state index >= 15 is 0 Å². The highest BCUT2D eigenvalue weighted by molar-refractivity contribution is 7.99. The molecule has 0 aromatic rings. The van der Waals surface area contributed by atoms with Crippen molar-refractivity contribution >= 4 is 23.6 Å². The third-order valence-electron chi connectivity index (χ3n) is 2.82. The number of amides is 2. The van der Waals surface area contributed by atoms with E-state index in [1.54, 1.807) is 16.7 Å². The number of rotatable bonds is 7. The summed E-state index contributed by atoms with van der Waals surface area (Å²) in [5, 5.41) is 6.03. The van der Waals surface area contributed by atoms with E-state index in [1.165, 1.54) is 0 Å². The summed E-state index contributed by atoms with van der Waals surface area (Å²) in [5.41, 5.74) is 0. The zero-order valence-corrected chi connectivity index (χ0v) is 12.0. The summed E-state index contributed by atoms with van der Waals surface area (Å²) >= 11 is 1.65. The van der Waals surface area contributed by atoms with Crippen molar-refractivity contribution in [3.63, 3.8) is 0 Å². The summed E-state index contributed by atoms with van der Waals surface area (Å²) in [5.74, 6) is 1.42. The number of carbonyl (C=O) groups excluding carboxylic acids is 2. The Labute approximate surface area is 113 Å². The number of carbonyl (C=O) groups is 2. The Morgan fingerprint density at radius 1 is 1.33 bits per heavy atom. The van der Waals surface area contributed by atoms with Crippen molar-refractivity contribution in [3.05, 3.63) is 0 Å². The van der Waals surface area contributed by atoms with Gasteiger partial charge in [-0.15, -0.1) is 11.8 Å². The Hall–Kier alpha value is -0.750. The second-order valence-corrected chi connectivity index (χ2v) is 5.27. The van der Waals surface area contributed by atoms with Crippen LogP contribution in [0.1, 0.15) is 26.7 Å². The maximum Gasteiger partial charge on any atom is 0.243 e. The Balaban J connectivity index is 2.38. The van der Waals surface area contributed by atoms with Crippen LogP contribution in [0.3, 0.4) is 0 Å². The molecule has 1 saturated heterocycles. The fraction of sp³-hybridized carbons (Fsp3) is 0.833. The van der Waals surface area contributed by atoms with E-state index in [0.717, 1.165) is 19.5 Å². The molecule has 2 N–H and O–H groups in total. The van der Waals surface area contributed by atoms with Crippen LogP contribution in [0, 0.1) is 0 Å². The van der Waals surface area contributed by atoms with Gasteiger partial charge in [0.05, 0.1) is 5.88 Å². The van der Waals surface area contributed by atoms with Crippen LogP contribution in [0.4, 0.5) is 0 Å². The molecule has 0 spiro atoms. The van der Waals surface area contributed by atoms with Gasteiger partial charge in [-0.05, 0) is 13.0 Å². The lowest BCUT2D eigenvalue weighted by molar-refractivity contribution is -0.138. The monoisotopic (exact) mass is 273 g/mol. The van der Waals surface area contributed by atoms with Crippen LogP contribution < -0.4 is 10.6 Å². The van der Waals surface area contributed by atoms with Gasteiger partial charge in [0, 0.05) is 25.3 Å². The van der Waals surface area contributed by atoms with Gasteiger partial charge in [-0.2, -0.15) is 0 Å². The van der Waals surface area contributed by atoms with Crippen molar-refractivity contribution in [1.82, 2.24) is 15.5 Å². The number of nitrogens with one attached hydrogen (secondary N) is 2. The summed E-state index contributed by atoms with van der Waals surface area (Å²) in [4.78, 5) is 25.5. The van der Waals surface area contributed by atoms with Crippen molar-refractivity contribution in [2.24, 2.45) is 0 Å². The molecule has 5 nitrogen and oxygen atoms in total. The maximum atomic E-state index is 12.0. The van der Waals surface area contributed by atoms with Crippen LogP contribution in [0.5, 0.6) is 0 Å². The highest BCUT2D eigenvalue weighted by atomic mass is 32.2. The molecular weight excluding hydrogens is 250 g/mol. The molecule has 6 heteroatoms. The largest absolute Gasteiger partial charge is 0.353 e. The van der Waals surface area contributed by atoms with Gasteiger partial charge in [-0.3, -0.25) is 9.59 Å². The van der Waals surface area contributed by atoms with E-state index in [-0.39, 0.29) is 17.9 Å². The molecule has 1 fully saturated rings. The zero-order chi connectivity index (χ0) is 13.4. The first-order valence-corrected chi connectivity index (χ1v) is 7.71. The molecule has 0 bridgehead atoms. The molecule has 1 heterocycles. The van der Waals surface area contributed by atoms with E-state index in [9.17, 15) is 9.59 Å². The first kappa shape index (κ1) is 15.3. The van der Waals surface area contributed by atoms with E-state index in [2.05, 4.69) is 10.6 Å². The molecule has 1 rings (SSSR count). The quantitative estimate of drug-likeness (QED) is 0.660. The number of hydrogen-bond donors (Lipinski definition) is 2. The first-order chi connectivity index (χ1) is 8.70. The summed E-state index contributed by atoms with van der Waals surface area (Å²) in [7, 11) is 0. The van der Waals surface area contributed by atoms with Crippen molar-refractivity contribution in [3.8, 4) is 0 Å². The first-order valence-electron chi connectivity index (χ1n) is 6.56. The minimum Gasteiger partial charge on any atom is -0.353 e. The van der Waals surface area contributed by atoms with E-state index in [1.807, 2.05) is 13.8 Å². The van der Waals surface area contributed by atoms with Gasteiger partial charge in [0.25, 0.3) is 0 Å². The smallest absolute Gasteiger partial charge is 0.243 e. The average molecular weight is 273 g/mol. The van der Waals surface area contributed by atoms with Gasteiger partial charge >= 0.3 is 0 Å². The van der Waals surface area contributed by atoms with Crippen LogP contribution in [-0.2, 0) is 9.59 Å². The molecule has 0 aromatic heterocycles. The van der Waals surface area contributed by atoms with Gasteiger partial charge in [-0.1, -0.05) is 13.8 Å². The van der Waals surface area contributed by atoms with Crippen LogP contribution in [0.2, 0.25) is 0 Å². The lowest BCUT2D eigenvalue weighted by Gasteiger charge is -2.22. The summed E-state index contributed by atoms with van der Waals surface area (Å²) in [6.45, 7) is 6.29. The van der Waals surface area contributed by atoms with Gasteiger partial charge in [0.2, 0.25) is 11.8 Å². The molecule has 104 valence electrons. The molecule has 2 amide bonds. The fourth-order valence-corrected chi connectivity index (χ4v) is 3.01. The van der Waals surface area contributed by atoms with Gasteiger partial charge in [0.15, 0.2) is 0 Å². The summed E-state index contributed by atoms with van der Waals surface area (Å²) in [6, 6.07) is -0.282. The number of hydrogen-bond acceptors (Lipinski definition) is 4. The molecule has 0 aliphatic carbocycles. The SMILES string of the molecule is CCCC(=O)N1CSCC1C(=O)NCCNCC. The molecule has 0 aromatic carbocycles. The molecule has 0 radical (unpaired) electrons.